The van der Waals surface area contributed by atoms with Gasteiger partial charge in [0.15, 0.2) is 0 Å². The fraction of sp³-hybridized carbons (Fsp3) is 0.273. The van der Waals surface area contributed by atoms with Crippen molar-refractivity contribution in [2.24, 2.45) is 0 Å². The minimum atomic E-state index is 0.103. The van der Waals surface area contributed by atoms with Crippen molar-refractivity contribution in [3.05, 3.63) is 206 Å². The van der Waals surface area contributed by atoms with Gasteiger partial charge in [-0.3, -0.25) is 0 Å². The summed E-state index contributed by atoms with van der Waals surface area (Å²) in [6, 6.07) is 57.0. The Hall–Kier alpha value is -5.14. The molecule has 10 aromatic rings. The van der Waals surface area contributed by atoms with Gasteiger partial charge in [0.25, 0.3) is 0 Å². The number of nitrogens with one attached hydrogen (secondary N) is 1. The molecule has 0 amide bonds. The molecule has 376 valence electrons. The molecular weight excluding hydrogens is 1040 g/mol. The minimum absolute atomic E-state index is 0.103. The molecule has 0 saturated carbocycles. The second-order valence-electron chi connectivity index (χ2n) is 23.5. The number of fused-ring (bicyclic) bond motifs is 6. The van der Waals surface area contributed by atoms with E-state index >= 15 is 0 Å². The summed E-state index contributed by atoms with van der Waals surface area (Å²) in [4.78, 5) is 2.35. The first-order valence-corrected chi connectivity index (χ1v) is 28.3. The summed E-state index contributed by atoms with van der Waals surface area (Å²) < 4.78 is 6.31. The molecule has 0 unspecified atom stereocenters. The van der Waals surface area contributed by atoms with E-state index in [-0.39, 0.29) is 21.7 Å². The molecule has 0 aliphatic heterocycles. The summed E-state index contributed by atoms with van der Waals surface area (Å²) in [5.41, 5.74) is 14.0. The average Bonchev–Trinajstić information content (AvgIpc) is 3.87. The SMILES string of the molecule is CC(C)(C)c1ccc(Nc2cccc3c2sc2ccc(C(C)(C)C)cc23)cc1.Cc1cc(Cl)cc(Br)c1.Cc1cc(Cl)cc(N(c2ccc(C(C)(C)C)cc2)c2cccc3c2sc2ccc(C(C)(C)C)cc23)c1. The molecule has 0 radical (unpaired) electrons. The lowest BCUT2D eigenvalue weighted by atomic mass is 9.86. The molecule has 0 bridgehead atoms. The molecule has 0 aliphatic carbocycles. The van der Waals surface area contributed by atoms with E-state index in [0.717, 1.165) is 37.1 Å². The molecule has 2 nitrogen and oxygen atoms in total. The topological polar surface area (TPSA) is 15.3 Å². The summed E-state index contributed by atoms with van der Waals surface area (Å²) in [7, 11) is 0. The number of anilines is 5. The zero-order valence-electron chi connectivity index (χ0n) is 44.9. The molecule has 7 heteroatoms. The van der Waals surface area contributed by atoms with Crippen LogP contribution in [0.1, 0.15) is 116 Å². The highest BCUT2D eigenvalue weighted by molar-refractivity contribution is 9.10. The Kier molecular flexibility index (Phi) is 15.7. The molecular formula is C66H69BrCl2N2S2. The third-order valence-electron chi connectivity index (χ3n) is 13.3. The van der Waals surface area contributed by atoms with Gasteiger partial charge in [0.05, 0.1) is 20.8 Å². The normalized spacial score (nSPS) is 12.2. The Labute approximate surface area is 461 Å². The number of nitrogens with zero attached hydrogens (tertiary/aromatic N) is 1. The molecule has 8 aromatic carbocycles. The Morgan fingerprint density at radius 3 is 1.37 bits per heavy atom. The lowest BCUT2D eigenvalue weighted by Crippen LogP contribution is -2.13. The van der Waals surface area contributed by atoms with Gasteiger partial charge in [-0.2, -0.15) is 0 Å². The fourth-order valence-corrected chi connectivity index (χ4v) is 12.7. The first-order chi connectivity index (χ1) is 34.2. The smallest absolute Gasteiger partial charge is 0.0640 e. The molecule has 2 aromatic heterocycles. The highest BCUT2D eigenvalue weighted by Crippen LogP contribution is 2.47. The second-order valence-corrected chi connectivity index (χ2v) is 27.4. The quantitative estimate of drug-likeness (QED) is 0.185. The van der Waals surface area contributed by atoms with E-state index < -0.39 is 0 Å². The number of aryl methyl sites for hydroxylation is 2. The van der Waals surface area contributed by atoms with Gasteiger partial charge in [0, 0.05) is 62.5 Å². The van der Waals surface area contributed by atoms with Crippen LogP contribution in [0, 0.1) is 13.8 Å². The molecule has 0 spiro atoms. The molecule has 2 heterocycles. The van der Waals surface area contributed by atoms with Gasteiger partial charge in [0.1, 0.15) is 0 Å². The Balaban J connectivity index is 0.000000170. The zero-order chi connectivity index (χ0) is 52.8. The monoisotopic (exact) mass is 1100 g/mol. The van der Waals surface area contributed by atoms with Gasteiger partial charge >= 0.3 is 0 Å². The highest BCUT2D eigenvalue weighted by Gasteiger charge is 2.22. The highest BCUT2D eigenvalue weighted by atomic mass is 79.9. The molecule has 0 saturated heterocycles. The first kappa shape index (κ1) is 54.1. The van der Waals surface area contributed by atoms with Crippen molar-refractivity contribution < 1.29 is 0 Å². The Morgan fingerprint density at radius 1 is 0.425 bits per heavy atom. The van der Waals surface area contributed by atoms with E-state index in [1.165, 1.54) is 79.5 Å². The predicted molar refractivity (Wildman–Crippen MR) is 332 cm³/mol. The van der Waals surface area contributed by atoms with Crippen molar-refractivity contribution in [2.75, 3.05) is 10.2 Å². The second kappa shape index (κ2) is 21.2. The van der Waals surface area contributed by atoms with Crippen LogP contribution in [0.2, 0.25) is 10.0 Å². The van der Waals surface area contributed by atoms with Crippen LogP contribution >= 0.6 is 61.8 Å². The summed E-state index contributed by atoms with van der Waals surface area (Å²) in [5, 5.41) is 10.5. The van der Waals surface area contributed by atoms with Crippen molar-refractivity contribution >= 4 is 131 Å². The Morgan fingerprint density at radius 2 is 0.877 bits per heavy atom. The standard InChI is InChI=1S/C33H34ClNS.C26H29NS.C7H6BrCl/c1-21-17-24(34)20-26(18-21)35(25-14-11-22(12-15-25)32(2,3)4)29-10-8-9-27-28-19-23(33(5,6)7)13-16-30(28)36-31(27)29;1-25(2,3)17-10-13-19(14-11-17)27-22-9-7-8-20-21-16-18(26(4,5)6)12-15-23(21)28-24(20)22;1-5-2-6(8)4-7(9)3-5/h8-20H,1-7H3;7-16,27H,1-6H3;2-4H,1H3. The van der Waals surface area contributed by atoms with Crippen LogP contribution in [-0.2, 0) is 21.7 Å². The number of halogens is 3. The lowest BCUT2D eigenvalue weighted by molar-refractivity contribution is 0.590. The number of hydrogen-bond donors (Lipinski definition) is 1. The van der Waals surface area contributed by atoms with Gasteiger partial charge < -0.3 is 10.2 Å². The first-order valence-electron chi connectivity index (χ1n) is 25.1. The van der Waals surface area contributed by atoms with Crippen molar-refractivity contribution in [3.8, 4) is 0 Å². The van der Waals surface area contributed by atoms with Gasteiger partial charge in [-0.05, 0) is 166 Å². The third kappa shape index (κ3) is 12.7. The van der Waals surface area contributed by atoms with Crippen molar-refractivity contribution in [1.29, 1.82) is 0 Å². The number of thiophene rings is 2. The van der Waals surface area contributed by atoms with Crippen LogP contribution < -0.4 is 10.2 Å². The van der Waals surface area contributed by atoms with E-state index in [1.54, 1.807) is 0 Å². The Bertz CT molecular complexity index is 3510. The predicted octanol–water partition coefficient (Wildman–Crippen LogP) is 22.9. The number of rotatable bonds is 5. The van der Waals surface area contributed by atoms with E-state index in [4.69, 9.17) is 23.2 Å². The molecule has 1 N–H and O–H groups in total. The summed E-state index contributed by atoms with van der Waals surface area (Å²) in [6.45, 7) is 31.3. The van der Waals surface area contributed by atoms with Crippen molar-refractivity contribution in [2.45, 2.75) is 119 Å². The van der Waals surface area contributed by atoms with Crippen LogP contribution in [0.3, 0.4) is 0 Å². The maximum absolute atomic E-state index is 6.57. The van der Waals surface area contributed by atoms with Crippen LogP contribution in [0.25, 0.3) is 40.3 Å². The number of benzene rings is 8. The largest absolute Gasteiger partial charge is 0.354 e. The summed E-state index contributed by atoms with van der Waals surface area (Å²) in [6.07, 6.45) is 0. The zero-order valence-corrected chi connectivity index (χ0v) is 49.6. The molecule has 10 rings (SSSR count). The van der Waals surface area contributed by atoms with Gasteiger partial charge in [-0.25, -0.2) is 0 Å². The fourth-order valence-electron chi connectivity index (χ4n) is 9.07. The van der Waals surface area contributed by atoms with Gasteiger partial charge in [0.2, 0.25) is 0 Å². The minimum Gasteiger partial charge on any atom is -0.354 e. The lowest BCUT2D eigenvalue weighted by Gasteiger charge is -2.28. The third-order valence-corrected chi connectivity index (χ3v) is 16.6. The van der Waals surface area contributed by atoms with Gasteiger partial charge in [-0.15, -0.1) is 22.7 Å². The number of hydrogen-bond acceptors (Lipinski definition) is 4. The van der Waals surface area contributed by atoms with Crippen molar-refractivity contribution in [3.63, 3.8) is 0 Å². The average molecular weight is 1110 g/mol. The van der Waals surface area contributed by atoms with Crippen LogP contribution in [0.4, 0.5) is 28.4 Å². The molecule has 73 heavy (non-hydrogen) atoms. The van der Waals surface area contributed by atoms with E-state index in [9.17, 15) is 0 Å². The van der Waals surface area contributed by atoms with E-state index in [1.807, 2.05) is 53.9 Å². The van der Waals surface area contributed by atoms with E-state index in [0.29, 0.717) is 0 Å². The van der Waals surface area contributed by atoms with Crippen molar-refractivity contribution in [1.82, 2.24) is 0 Å². The molecule has 0 fully saturated rings. The van der Waals surface area contributed by atoms with E-state index in [2.05, 4.69) is 250 Å². The molecule has 0 aliphatic rings. The summed E-state index contributed by atoms with van der Waals surface area (Å²) >= 11 is 19.4. The van der Waals surface area contributed by atoms with Gasteiger partial charge in [-0.1, -0.05) is 183 Å². The maximum atomic E-state index is 6.57. The summed E-state index contributed by atoms with van der Waals surface area (Å²) in [5.74, 6) is 0. The van der Waals surface area contributed by atoms with Crippen LogP contribution in [-0.4, -0.2) is 0 Å². The van der Waals surface area contributed by atoms with Crippen LogP contribution in [0.15, 0.2) is 162 Å². The maximum Gasteiger partial charge on any atom is 0.0640 e. The molecule has 0 atom stereocenters. The van der Waals surface area contributed by atoms with Crippen LogP contribution in [0.5, 0.6) is 0 Å².